The Morgan fingerprint density at radius 3 is 2.17 bits per heavy atom. The van der Waals surface area contributed by atoms with Crippen LogP contribution in [-0.4, -0.2) is 15.7 Å². The number of hydrogen-bond acceptors (Lipinski definition) is 3. The van der Waals surface area contributed by atoms with Gasteiger partial charge in [0.2, 0.25) is 0 Å². The number of aromatic nitrogens is 1. The number of nitrogens with zero attached hydrogens (tertiary/aromatic N) is 1. The van der Waals surface area contributed by atoms with Gasteiger partial charge in [0.05, 0.1) is 16.3 Å². The highest BCUT2D eigenvalue weighted by Gasteiger charge is 2.46. The molecule has 1 heterocycles. The topological polar surface area (TPSA) is 33.1 Å². The van der Waals surface area contributed by atoms with Crippen LogP contribution in [-0.2, 0) is 6.42 Å². The van der Waals surface area contributed by atoms with Gasteiger partial charge in [0.1, 0.15) is 0 Å². The van der Waals surface area contributed by atoms with Crippen LogP contribution in [0.3, 0.4) is 0 Å². The third kappa shape index (κ3) is 3.33. The zero-order valence-electron chi connectivity index (χ0n) is 12.2. The largest absolute Gasteiger partial charge is 0.389 e. The lowest BCUT2D eigenvalue weighted by molar-refractivity contribution is -0.0855. The lowest BCUT2D eigenvalue weighted by Crippen LogP contribution is -2.47. The van der Waals surface area contributed by atoms with Crippen molar-refractivity contribution in [3.63, 3.8) is 0 Å². The Hall–Kier alpha value is -0.410. The van der Waals surface area contributed by atoms with Crippen LogP contribution in [0.25, 0.3) is 0 Å². The molecular formula is C15H25NOS. The first kappa shape index (κ1) is 14.0. The molecule has 18 heavy (non-hydrogen) atoms. The zero-order chi connectivity index (χ0) is 13.6. The van der Waals surface area contributed by atoms with E-state index in [-0.39, 0.29) is 10.8 Å². The van der Waals surface area contributed by atoms with E-state index < -0.39 is 5.60 Å². The van der Waals surface area contributed by atoms with Gasteiger partial charge in [0.25, 0.3) is 0 Å². The number of rotatable bonds is 2. The lowest BCUT2D eigenvalue weighted by atomic mass is 9.59. The highest BCUT2D eigenvalue weighted by atomic mass is 32.1. The second-order valence-corrected chi connectivity index (χ2v) is 8.68. The molecule has 0 amide bonds. The Labute approximate surface area is 114 Å². The molecule has 2 rings (SSSR count). The molecule has 1 aliphatic rings. The molecule has 0 radical (unpaired) electrons. The van der Waals surface area contributed by atoms with Gasteiger partial charge in [-0.1, -0.05) is 27.7 Å². The molecule has 1 saturated carbocycles. The van der Waals surface area contributed by atoms with E-state index >= 15 is 0 Å². The fraction of sp³-hybridized carbons (Fsp3) is 0.800. The van der Waals surface area contributed by atoms with Crippen LogP contribution in [0.4, 0.5) is 0 Å². The summed E-state index contributed by atoms with van der Waals surface area (Å²) in [5.74, 6) is 0. The normalized spacial score (nSPS) is 25.0. The van der Waals surface area contributed by atoms with Gasteiger partial charge >= 0.3 is 0 Å². The Kier molecular flexibility index (Phi) is 3.35. The predicted octanol–water partition coefficient (Wildman–Crippen LogP) is 3.96. The fourth-order valence-corrected chi connectivity index (χ4v) is 4.83. The van der Waals surface area contributed by atoms with Crippen molar-refractivity contribution in [3.05, 3.63) is 16.1 Å². The molecule has 1 aliphatic carbocycles. The maximum absolute atomic E-state index is 11.0. The number of aryl methyl sites for hydroxylation is 1. The summed E-state index contributed by atoms with van der Waals surface area (Å²) in [5, 5.41) is 14.1. The standard InChI is InChI=1S/C15H25NOS/c1-11-16-12(7-18-11)6-15(17)9-13(2,3)8-14(4,5)10-15/h7,17H,6,8-10H2,1-5H3. The van der Waals surface area contributed by atoms with Crippen molar-refractivity contribution < 1.29 is 5.11 Å². The van der Waals surface area contributed by atoms with Crippen molar-refractivity contribution in [2.45, 2.75) is 65.9 Å². The monoisotopic (exact) mass is 267 g/mol. The summed E-state index contributed by atoms with van der Waals surface area (Å²) in [7, 11) is 0. The molecule has 1 aromatic rings. The Balaban J connectivity index is 2.19. The minimum atomic E-state index is -0.592. The van der Waals surface area contributed by atoms with E-state index in [1.807, 2.05) is 6.92 Å². The molecule has 2 nitrogen and oxygen atoms in total. The van der Waals surface area contributed by atoms with Gasteiger partial charge in [-0.25, -0.2) is 4.98 Å². The van der Waals surface area contributed by atoms with E-state index in [1.165, 1.54) is 6.42 Å². The molecule has 1 fully saturated rings. The van der Waals surface area contributed by atoms with Crippen molar-refractivity contribution in [2.75, 3.05) is 0 Å². The van der Waals surface area contributed by atoms with Crippen molar-refractivity contribution in [1.82, 2.24) is 4.98 Å². The van der Waals surface area contributed by atoms with Gasteiger partial charge in [-0.15, -0.1) is 11.3 Å². The molecule has 1 N–H and O–H groups in total. The van der Waals surface area contributed by atoms with E-state index in [4.69, 9.17) is 0 Å². The van der Waals surface area contributed by atoms with Crippen LogP contribution in [0.1, 0.15) is 57.7 Å². The van der Waals surface area contributed by atoms with Gasteiger partial charge < -0.3 is 5.11 Å². The summed E-state index contributed by atoms with van der Waals surface area (Å²) < 4.78 is 0. The first-order valence-electron chi connectivity index (χ1n) is 6.73. The summed E-state index contributed by atoms with van der Waals surface area (Å²) in [6.07, 6.45) is 3.63. The quantitative estimate of drug-likeness (QED) is 0.879. The van der Waals surface area contributed by atoms with Gasteiger partial charge in [-0.05, 0) is 37.0 Å². The van der Waals surface area contributed by atoms with E-state index in [9.17, 15) is 5.11 Å². The van der Waals surface area contributed by atoms with Crippen LogP contribution in [0.5, 0.6) is 0 Å². The van der Waals surface area contributed by atoms with Gasteiger partial charge in [-0.2, -0.15) is 0 Å². The Morgan fingerprint density at radius 2 is 1.72 bits per heavy atom. The SMILES string of the molecule is Cc1nc(CC2(O)CC(C)(C)CC(C)(C)C2)cs1. The first-order chi connectivity index (χ1) is 8.09. The maximum atomic E-state index is 11.0. The summed E-state index contributed by atoms with van der Waals surface area (Å²) in [5.41, 5.74) is 0.878. The molecule has 102 valence electrons. The predicted molar refractivity (Wildman–Crippen MR) is 76.9 cm³/mol. The van der Waals surface area contributed by atoms with E-state index in [1.54, 1.807) is 11.3 Å². The third-order valence-electron chi connectivity index (χ3n) is 3.75. The molecule has 0 saturated heterocycles. The summed E-state index contributed by atoms with van der Waals surface area (Å²) in [6, 6.07) is 0. The third-order valence-corrected chi connectivity index (χ3v) is 4.57. The zero-order valence-corrected chi connectivity index (χ0v) is 13.0. The number of aliphatic hydroxyl groups is 1. The van der Waals surface area contributed by atoms with Gasteiger partial charge in [-0.3, -0.25) is 0 Å². The second-order valence-electron chi connectivity index (χ2n) is 7.62. The highest BCUT2D eigenvalue weighted by Crippen LogP contribution is 2.50. The van der Waals surface area contributed by atoms with Gasteiger partial charge in [0.15, 0.2) is 0 Å². The molecule has 0 bridgehead atoms. The Morgan fingerprint density at radius 1 is 1.17 bits per heavy atom. The second kappa shape index (κ2) is 4.31. The molecule has 3 heteroatoms. The first-order valence-corrected chi connectivity index (χ1v) is 7.61. The summed E-state index contributed by atoms with van der Waals surface area (Å²) in [4.78, 5) is 4.50. The molecule has 0 unspecified atom stereocenters. The number of thiazole rings is 1. The molecule has 0 atom stereocenters. The van der Waals surface area contributed by atoms with Crippen molar-refractivity contribution in [1.29, 1.82) is 0 Å². The van der Waals surface area contributed by atoms with E-state index in [2.05, 4.69) is 38.1 Å². The minimum absolute atomic E-state index is 0.210. The highest BCUT2D eigenvalue weighted by molar-refractivity contribution is 7.09. The maximum Gasteiger partial charge on any atom is 0.0897 e. The van der Waals surface area contributed by atoms with Gasteiger partial charge in [0, 0.05) is 11.8 Å². The van der Waals surface area contributed by atoms with Crippen LogP contribution in [0, 0.1) is 17.8 Å². The lowest BCUT2D eigenvalue weighted by Gasteiger charge is -2.49. The fourth-order valence-electron chi connectivity index (χ4n) is 4.22. The molecule has 0 aromatic carbocycles. The van der Waals surface area contributed by atoms with E-state index in [0.29, 0.717) is 6.42 Å². The van der Waals surface area contributed by atoms with Crippen LogP contribution in [0.15, 0.2) is 5.38 Å². The van der Waals surface area contributed by atoms with Crippen LogP contribution < -0.4 is 0 Å². The average molecular weight is 267 g/mol. The molecule has 0 spiro atoms. The Bertz CT molecular complexity index is 417. The molecule has 1 aromatic heterocycles. The van der Waals surface area contributed by atoms with Crippen molar-refractivity contribution >= 4 is 11.3 Å². The van der Waals surface area contributed by atoms with Crippen molar-refractivity contribution in [2.24, 2.45) is 10.8 Å². The van der Waals surface area contributed by atoms with Crippen LogP contribution in [0.2, 0.25) is 0 Å². The summed E-state index contributed by atoms with van der Waals surface area (Å²) in [6.45, 7) is 11.1. The summed E-state index contributed by atoms with van der Waals surface area (Å²) >= 11 is 1.67. The minimum Gasteiger partial charge on any atom is -0.389 e. The molecule has 0 aliphatic heterocycles. The smallest absolute Gasteiger partial charge is 0.0897 e. The average Bonchev–Trinajstić information content (AvgIpc) is 2.42. The van der Waals surface area contributed by atoms with Crippen molar-refractivity contribution in [3.8, 4) is 0 Å². The van der Waals surface area contributed by atoms with Crippen LogP contribution >= 0.6 is 11.3 Å². The molecular weight excluding hydrogens is 242 g/mol. The number of hydrogen-bond donors (Lipinski definition) is 1. The van der Waals surface area contributed by atoms with E-state index in [0.717, 1.165) is 23.5 Å².